The summed E-state index contributed by atoms with van der Waals surface area (Å²) in [6.07, 6.45) is 0. The molecule has 0 aliphatic carbocycles. The maximum absolute atomic E-state index is 12.7. The number of hydrogen-bond donors (Lipinski definition) is 2. The van der Waals surface area contributed by atoms with Crippen molar-refractivity contribution in [3.8, 4) is 11.5 Å². The smallest absolute Gasteiger partial charge is 0.244 e. The van der Waals surface area contributed by atoms with Gasteiger partial charge in [-0.2, -0.15) is 0 Å². The number of benzene rings is 2. The van der Waals surface area contributed by atoms with Gasteiger partial charge in [0, 0.05) is 31.4 Å². The van der Waals surface area contributed by atoms with Crippen LogP contribution in [0.4, 0.5) is 5.69 Å². The summed E-state index contributed by atoms with van der Waals surface area (Å²) in [6.45, 7) is 8.38. The SMILES string of the molecule is CCNC(=NCC(=O)N(CC)Cc1ccccc1)Nc1ccc(OCC)c(OC)c1. The second-order valence-electron chi connectivity index (χ2n) is 6.51. The first-order valence-electron chi connectivity index (χ1n) is 10.3. The Morgan fingerprint density at radius 2 is 1.83 bits per heavy atom. The van der Waals surface area contributed by atoms with Gasteiger partial charge in [0.1, 0.15) is 6.54 Å². The largest absolute Gasteiger partial charge is 0.493 e. The van der Waals surface area contributed by atoms with Crippen LogP contribution in [0.2, 0.25) is 0 Å². The van der Waals surface area contributed by atoms with Crippen LogP contribution in [0.15, 0.2) is 53.5 Å². The molecule has 30 heavy (non-hydrogen) atoms. The zero-order chi connectivity index (χ0) is 21.8. The van der Waals surface area contributed by atoms with E-state index in [1.807, 2.05) is 69.3 Å². The van der Waals surface area contributed by atoms with Crippen molar-refractivity contribution < 1.29 is 14.3 Å². The number of methoxy groups -OCH3 is 1. The van der Waals surface area contributed by atoms with Gasteiger partial charge in [-0.25, -0.2) is 4.99 Å². The third kappa shape index (κ3) is 6.99. The third-order valence-electron chi connectivity index (χ3n) is 4.39. The van der Waals surface area contributed by atoms with Crippen LogP contribution in [0.3, 0.4) is 0 Å². The maximum Gasteiger partial charge on any atom is 0.244 e. The first kappa shape index (κ1) is 23.1. The van der Waals surface area contributed by atoms with Gasteiger partial charge in [-0.3, -0.25) is 4.79 Å². The number of nitrogens with one attached hydrogen (secondary N) is 2. The summed E-state index contributed by atoms with van der Waals surface area (Å²) >= 11 is 0. The molecule has 7 nitrogen and oxygen atoms in total. The molecule has 2 aromatic carbocycles. The van der Waals surface area contributed by atoms with E-state index in [1.165, 1.54) is 0 Å². The molecule has 7 heteroatoms. The number of anilines is 1. The minimum atomic E-state index is -0.0252. The van der Waals surface area contributed by atoms with Gasteiger partial charge in [0.15, 0.2) is 17.5 Å². The molecule has 0 heterocycles. The minimum absolute atomic E-state index is 0.0252. The molecule has 0 spiro atoms. The summed E-state index contributed by atoms with van der Waals surface area (Å²) in [7, 11) is 1.60. The Bertz CT molecular complexity index is 824. The first-order valence-corrected chi connectivity index (χ1v) is 10.3. The maximum atomic E-state index is 12.7. The Morgan fingerprint density at radius 1 is 1.07 bits per heavy atom. The van der Waals surface area contributed by atoms with Gasteiger partial charge in [-0.05, 0) is 38.5 Å². The lowest BCUT2D eigenvalue weighted by molar-refractivity contribution is -0.130. The number of nitrogens with zero attached hydrogens (tertiary/aromatic N) is 2. The molecule has 0 bridgehead atoms. The molecular formula is C23H32N4O3. The second kappa shape index (κ2) is 12.4. The molecule has 0 atom stereocenters. The Kier molecular flexibility index (Phi) is 9.51. The molecular weight excluding hydrogens is 380 g/mol. The lowest BCUT2D eigenvalue weighted by atomic mass is 10.2. The summed E-state index contributed by atoms with van der Waals surface area (Å²) in [5, 5.41) is 6.39. The summed E-state index contributed by atoms with van der Waals surface area (Å²) in [5.41, 5.74) is 1.89. The highest BCUT2D eigenvalue weighted by atomic mass is 16.5. The predicted octanol–water partition coefficient (Wildman–Crippen LogP) is 3.52. The Morgan fingerprint density at radius 3 is 2.47 bits per heavy atom. The zero-order valence-corrected chi connectivity index (χ0v) is 18.3. The number of aliphatic imine (C=N–C) groups is 1. The average molecular weight is 413 g/mol. The van der Waals surface area contributed by atoms with Crippen molar-refractivity contribution in [2.75, 3.05) is 38.7 Å². The van der Waals surface area contributed by atoms with E-state index in [0.717, 1.165) is 11.3 Å². The molecule has 0 saturated heterocycles. The highest BCUT2D eigenvalue weighted by Crippen LogP contribution is 2.30. The van der Waals surface area contributed by atoms with Gasteiger partial charge in [0.05, 0.1) is 13.7 Å². The fraction of sp³-hybridized carbons (Fsp3) is 0.391. The molecule has 0 radical (unpaired) electrons. The van der Waals surface area contributed by atoms with E-state index in [2.05, 4.69) is 15.6 Å². The van der Waals surface area contributed by atoms with E-state index < -0.39 is 0 Å². The summed E-state index contributed by atoms with van der Waals surface area (Å²) < 4.78 is 10.9. The van der Waals surface area contributed by atoms with Crippen LogP contribution >= 0.6 is 0 Å². The predicted molar refractivity (Wildman–Crippen MR) is 121 cm³/mol. The topological polar surface area (TPSA) is 75.2 Å². The number of guanidine groups is 1. The van der Waals surface area contributed by atoms with Gasteiger partial charge in [0.25, 0.3) is 0 Å². The molecule has 0 aromatic heterocycles. The van der Waals surface area contributed by atoms with Crippen molar-refractivity contribution in [3.05, 3.63) is 54.1 Å². The molecule has 0 aliphatic rings. The van der Waals surface area contributed by atoms with E-state index in [9.17, 15) is 4.79 Å². The van der Waals surface area contributed by atoms with E-state index in [-0.39, 0.29) is 12.5 Å². The number of ether oxygens (including phenoxy) is 2. The van der Waals surface area contributed by atoms with E-state index >= 15 is 0 Å². The highest BCUT2D eigenvalue weighted by Gasteiger charge is 2.12. The summed E-state index contributed by atoms with van der Waals surface area (Å²) in [6, 6.07) is 15.5. The van der Waals surface area contributed by atoms with Gasteiger partial charge >= 0.3 is 0 Å². The molecule has 2 N–H and O–H groups in total. The van der Waals surface area contributed by atoms with Crippen LogP contribution in [-0.4, -0.2) is 50.1 Å². The van der Waals surface area contributed by atoms with Crippen LogP contribution in [-0.2, 0) is 11.3 Å². The Balaban J connectivity index is 2.06. The monoisotopic (exact) mass is 412 g/mol. The molecule has 0 fully saturated rings. The quantitative estimate of drug-likeness (QED) is 0.461. The van der Waals surface area contributed by atoms with Crippen LogP contribution in [0, 0.1) is 0 Å². The van der Waals surface area contributed by atoms with Crippen LogP contribution in [0.5, 0.6) is 11.5 Å². The van der Waals surface area contributed by atoms with E-state index in [1.54, 1.807) is 12.0 Å². The minimum Gasteiger partial charge on any atom is -0.493 e. The third-order valence-corrected chi connectivity index (χ3v) is 4.39. The lowest BCUT2D eigenvalue weighted by Gasteiger charge is -2.20. The van der Waals surface area contributed by atoms with Crippen molar-refractivity contribution in [3.63, 3.8) is 0 Å². The van der Waals surface area contributed by atoms with Crippen molar-refractivity contribution in [1.29, 1.82) is 0 Å². The van der Waals surface area contributed by atoms with Crippen molar-refractivity contribution in [2.24, 2.45) is 4.99 Å². The standard InChI is InChI=1S/C23H32N4O3/c1-5-24-23(26-19-13-14-20(30-7-3)21(15-19)29-4)25-16-22(28)27(6-2)17-18-11-9-8-10-12-18/h8-15H,5-7,16-17H2,1-4H3,(H2,24,25,26). The fourth-order valence-electron chi connectivity index (χ4n) is 2.89. The lowest BCUT2D eigenvalue weighted by Crippen LogP contribution is -2.35. The number of carbonyl (C=O) groups is 1. The molecule has 2 aromatic rings. The van der Waals surface area contributed by atoms with Crippen LogP contribution in [0.25, 0.3) is 0 Å². The first-order chi connectivity index (χ1) is 14.6. The fourth-order valence-corrected chi connectivity index (χ4v) is 2.89. The van der Waals surface area contributed by atoms with Crippen LogP contribution < -0.4 is 20.1 Å². The Hall–Kier alpha value is -3.22. The average Bonchev–Trinajstić information content (AvgIpc) is 2.77. The molecule has 1 amide bonds. The summed E-state index contributed by atoms with van der Waals surface area (Å²) in [4.78, 5) is 18.9. The highest BCUT2D eigenvalue weighted by molar-refractivity contribution is 5.95. The molecule has 162 valence electrons. The van der Waals surface area contributed by atoms with Crippen LogP contribution in [0.1, 0.15) is 26.3 Å². The molecule has 2 rings (SSSR count). The van der Waals surface area contributed by atoms with Gasteiger partial charge in [-0.1, -0.05) is 30.3 Å². The molecule has 0 aliphatic heterocycles. The molecule has 0 unspecified atom stereocenters. The number of carbonyl (C=O) groups excluding carboxylic acids is 1. The number of likely N-dealkylation sites (N-methyl/N-ethyl adjacent to an activating group) is 1. The van der Waals surface area contributed by atoms with Gasteiger partial charge in [0.2, 0.25) is 5.91 Å². The summed E-state index contributed by atoms with van der Waals surface area (Å²) in [5.74, 6) is 1.83. The van der Waals surface area contributed by atoms with Crippen molar-refractivity contribution >= 4 is 17.6 Å². The van der Waals surface area contributed by atoms with Gasteiger partial charge < -0.3 is 25.0 Å². The normalized spacial score (nSPS) is 11.0. The van der Waals surface area contributed by atoms with Gasteiger partial charge in [-0.15, -0.1) is 0 Å². The van der Waals surface area contributed by atoms with Crippen molar-refractivity contribution in [2.45, 2.75) is 27.3 Å². The second-order valence-corrected chi connectivity index (χ2v) is 6.51. The van der Waals surface area contributed by atoms with Crippen molar-refractivity contribution in [1.82, 2.24) is 10.2 Å². The Labute approximate surface area is 179 Å². The number of hydrogen-bond acceptors (Lipinski definition) is 4. The van der Waals surface area contributed by atoms with E-state index in [4.69, 9.17) is 9.47 Å². The molecule has 0 saturated carbocycles. The number of amides is 1. The number of rotatable bonds is 10. The zero-order valence-electron chi connectivity index (χ0n) is 18.3. The van der Waals surface area contributed by atoms with E-state index in [0.29, 0.717) is 43.7 Å².